The molecule has 1 aromatic rings. The SMILES string of the molecule is CCCNc1ncc(CN2CC3CCC(O)C3C2)s1. The van der Waals surface area contributed by atoms with Crippen LogP contribution in [0.2, 0.25) is 0 Å². The smallest absolute Gasteiger partial charge is 0.182 e. The van der Waals surface area contributed by atoms with Crippen LogP contribution >= 0.6 is 11.3 Å². The van der Waals surface area contributed by atoms with Gasteiger partial charge in [-0.05, 0) is 25.2 Å². The van der Waals surface area contributed by atoms with Crippen molar-refractivity contribution in [3.8, 4) is 0 Å². The van der Waals surface area contributed by atoms with E-state index in [0.717, 1.165) is 50.1 Å². The number of aromatic nitrogens is 1. The van der Waals surface area contributed by atoms with E-state index in [1.807, 2.05) is 6.20 Å². The summed E-state index contributed by atoms with van der Waals surface area (Å²) in [6, 6.07) is 0. The van der Waals surface area contributed by atoms with E-state index in [4.69, 9.17) is 0 Å². The summed E-state index contributed by atoms with van der Waals surface area (Å²) in [5.41, 5.74) is 0. The standard InChI is InChI=1S/C14H23N3OS/c1-2-5-15-14-16-6-11(19-14)8-17-7-10-3-4-13(18)12(10)9-17/h6,10,12-13,18H,2-5,7-9H2,1H3,(H,15,16). The van der Waals surface area contributed by atoms with Gasteiger partial charge in [0.05, 0.1) is 6.10 Å². The Hall–Kier alpha value is -0.650. The fraction of sp³-hybridized carbons (Fsp3) is 0.786. The van der Waals surface area contributed by atoms with Crippen LogP contribution in [0.1, 0.15) is 31.1 Å². The van der Waals surface area contributed by atoms with Crippen LogP contribution in [0.4, 0.5) is 5.13 Å². The van der Waals surface area contributed by atoms with Crippen molar-refractivity contribution in [1.29, 1.82) is 0 Å². The van der Waals surface area contributed by atoms with Crippen LogP contribution in [0.5, 0.6) is 0 Å². The van der Waals surface area contributed by atoms with Gasteiger partial charge in [0, 0.05) is 43.2 Å². The predicted molar refractivity (Wildman–Crippen MR) is 78.4 cm³/mol. The quantitative estimate of drug-likeness (QED) is 0.868. The first-order valence-electron chi connectivity index (χ1n) is 7.35. The number of nitrogens with zero attached hydrogens (tertiary/aromatic N) is 2. The average molecular weight is 281 g/mol. The Morgan fingerprint density at radius 1 is 1.47 bits per heavy atom. The lowest BCUT2D eigenvalue weighted by Gasteiger charge is -2.16. The van der Waals surface area contributed by atoms with Crippen LogP contribution in [0.25, 0.3) is 0 Å². The summed E-state index contributed by atoms with van der Waals surface area (Å²) in [4.78, 5) is 8.22. The molecule has 0 amide bonds. The molecule has 1 aliphatic heterocycles. The molecule has 1 saturated heterocycles. The van der Waals surface area contributed by atoms with Crippen molar-refractivity contribution in [2.24, 2.45) is 11.8 Å². The molecule has 19 heavy (non-hydrogen) atoms. The maximum absolute atomic E-state index is 9.94. The van der Waals surface area contributed by atoms with Crippen molar-refractivity contribution in [1.82, 2.24) is 9.88 Å². The second-order valence-corrected chi connectivity index (χ2v) is 6.94. The van der Waals surface area contributed by atoms with E-state index >= 15 is 0 Å². The summed E-state index contributed by atoms with van der Waals surface area (Å²) < 4.78 is 0. The lowest BCUT2D eigenvalue weighted by Crippen LogP contribution is -2.24. The fourth-order valence-electron chi connectivity index (χ4n) is 3.37. The van der Waals surface area contributed by atoms with E-state index in [1.54, 1.807) is 11.3 Å². The van der Waals surface area contributed by atoms with E-state index < -0.39 is 0 Å². The molecule has 0 bridgehead atoms. The zero-order chi connectivity index (χ0) is 13.2. The lowest BCUT2D eigenvalue weighted by molar-refractivity contribution is 0.123. The maximum atomic E-state index is 9.94. The number of aliphatic hydroxyl groups excluding tert-OH is 1. The highest BCUT2D eigenvalue weighted by atomic mass is 32.1. The first-order chi connectivity index (χ1) is 9.26. The molecule has 0 radical (unpaired) electrons. The molecule has 0 aromatic carbocycles. The van der Waals surface area contributed by atoms with Gasteiger partial charge >= 0.3 is 0 Å². The van der Waals surface area contributed by atoms with Gasteiger partial charge in [-0.25, -0.2) is 4.98 Å². The Morgan fingerprint density at radius 2 is 2.37 bits per heavy atom. The molecule has 3 atom stereocenters. The summed E-state index contributed by atoms with van der Waals surface area (Å²) in [5.74, 6) is 1.24. The van der Waals surface area contributed by atoms with Crippen molar-refractivity contribution in [2.75, 3.05) is 25.0 Å². The number of hydrogen-bond acceptors (Lipinski definition) is 5. The first-order valence-corrected chi connectivity index (χ1v) is 8.17. The van der Waals surface area contributed by atoms with E-state index in [2.05, 4.69) is 22.1 Å². The van der Waals surface area contributed by atoms with Gasteiger partial charge in [0.2, 0.25) is 0 Å². The van der Waals surface area contributed by atoms with Crippen molar-refractivity contribution in [2.45, 2.75) is 38.8 Å². The second kappa shape index (κ2) is 5.77. The highest BCUT2D eigenvalue weighted by Gasteiger charge is 2.41. The van der Waals surface area contributed by atoms with Gasteiger partial charge in [0.15, 0.2) is 5.13 Å². The number of fused-ring (bicyclic) bond motifs is 1. The van der Waals surface area contributed by atoms with E-state index in [-0.39, 0.29) is 6.10 Å². The summed E-state index contributed by atoms with van der Waals surface area (Å²) in [6.45, 7) is 6.35. The molecule has 1 aromatic heterocycles. The minimum atomic E-state index is -0.0572. The normalized spacial score (nSPS) is 30.7. The molecule has 2 fully saturated rings. The topological polar surface area (TPSA) is 48.4 Å². The van der Waals surface area contributed by atoms with Gasteiger partial charge in [-0.15, -0.1) is 11.3 Å². The van der Waals surface area contributed by atoms with Crippen molar-refractivity contribution in [3.05, 3.63) is 11.1 Å². The molecule has 3 unspecified atom stereocenters. The fourth-order valence-corrected chi connectivity index (χ4v) is 4.25. The molecule has 1 aliphatic carbocycles. The second-order valence-electron chi connectivity index (χ2n) is 5.82. The summed E-state index contributed by atoms with van der Waals surface area (Å²) in [5, 5.41) is 14.3. The Morgan fingerprint density at radius 3 is 3.16 bits per heavy atom. The number of anilines is 1. The molecule has 0 spiro atoms. The van der Waals surface area contributed by atoms with E-state index in [1.165, 1.54) is 11.3 Å². The molecule has 5 heteroatoms. The Balaban J connectivity index is 1.53. The third-order valence-electron chi connectivity index (χ3n) is 4.35. The third-order valence-corrected chi connectivity index (χ3v) is 5.29. The average Bonchev–Trinajstić information content (AvgIpc) is 3.07. The third kappa shape index (κ3) is 2.93. The monoisotopic (exact) mass is 281 g/mol. The molecular weight excluding hydrogens is 258 g/mol. The molecular formula is C14H23N3OS. The highest BCUT2D eigenvalue weighted by Crippen LogP contribution is 2.38. The van der Waals surface area contributed by atoms with Gasteiger partial charge < -0.3 is 10.4 Å². The molecule has 2 heterocycles. The minimum absolute atomic E-state index is 0.0572. The van der Waals surface area contributed by atoms with Crippen LogP contribution in [-0.4, -0.2) is 40.7 Å². The van der Waals surface area contributed by atoms with Crippen molar-refractivity contribution < 1.29 is 5.11 Å². The van der Waals surface area contributed by atoms with Crippen molar-refractivity contribution >= 4 is 16.5 Å². The van der Waals surface area contributed by atoms with Crippen LogP contribution in [0, 0.1) is 11.8 Å². The summed E-state index contributed by atoms with van der Waals surface area (Å²) in [6.07, 6.45) is 5.27. The molecule has 4 nitrogen and oxygen atoms in total. The van der Waals surface area contributed by atoms with Gasteiger partial charge in [0.1, 0.15) is 0 Å². The number of hydrogen-bond donors (Lipinski definition) is 2. The van der Waals surface area contributed by atoms with E-state index in [9.17, 15) is 5.11 Å². The van der Waals surface area contributed by atoms with Crippen LogP contribution in [0.3, 0.4) is 0 Å². The largest absolute Gasteiger partial charge is 0.393 e. The van der Waals surface area contributed by atoms with Crippen LogP contribution in [-0.2, 0) is 6.54 Å². The number of likely N-dealkylation sites (tertiary alicyclic amines) is 1. The summed E-state index contributed by atoms with van der Waals surface area (Å²) in [7, 11) is 0. The Kier molecular flexibility index (Phi) is 4.05. The van der Waals surface area contributed by atoms with Gasteiger partial charge in [-0.1, -0.05) is 6.92 Å². The van der Waals surface area contributed by atoms with Gasteiger partial charge in [0.25, 0.3) is 0 Å². The summed E-state index contributed by atoms with van der Waals surface area (Å²) >= 11 is 1.76. The molecule has 1 saturated carbocycles. The van der Waals surface area contributed by atoms with E-state index in [0.29, 0.717) is 5.92 Å². The highest BCUT2D eigenvalue weighted by molar-refractivity contribution is 7.15. The van der Waals surface area contributed by atoms with Gasteiger partial charge in [-0.3, -0.25) is 4.90 Å². The molecule has 2 N–H and O–H groups in total. The maximum Gasteiger partial charge on any atom is 0.182 e. The lowest BCUT2D eigenvalue weighted by atomic mass is 10.00. The Bertz CT molecular complexity index is 423. The van der Waals surface area contributed by atoms with Gasteiger partial charge in [-0.2, -0.15) is 0 Å². The number of nitrogens with one attached hydrogen (secondary N) is 1. The van der Waals surface area contributed by atoms with Crippen LogP contribution < -0.4 is 5.32 Å². The number of aliphatic hydroxyl groups is 1. The minimum Gasteiger partial charge on any atom is -0.393 e. The molecule has 2 aliphatic rings. The number of thiazole rings is 1. The zero-order valence-corrected chi connectivity index (χ0v) is 12.3. The van der Waals surface area contributed by atoms with Crippen LogP contribution in [0.15, 0.2) is 6.20 Å². The first kappa shape index (κ1) is 13.3. The Labute approximate surface area is 118 Å². The molecule has 3 rings (SSSR count). The van der Waals surface area contributed by atoms with Crippen molar-refractivity contribution in [3.63, 3.8) is 0 Å². The zero-order valence-electron chi connectivity index (χ0n) is 11.5. The predicted octanol–water partition coefficient (Wildman–Crippen LogP) is 2.17. The number of rotatable bonds is 5. The molecule has 106 valence electrons.